The van der Waals surface area contributed by atoms with E-state index in [-0.39, 0.29) is 7.11 Å². The molecule has 0 aliphatic carbocycles. The second-order valence-corrected chi connectivity index (χ2v) is 7.53. The van der Waals surface area contributed by atoms with Crippen molar-refractivity contribution in [3.8, 4) is 0 Å². The Balaban J connectivity index is 3.43. The lowest BCUT2D eigenvalue weighted by atomic mass is 10.7. The summed E-state index contributed by atoms with van der Waals surface area (Å²) in [4.78, 5) is 0. The van der Waals surface area contributed by atoms with E-state index in [2.05, 4.69) is 8.37 Å². The molecule has 1 heterocycles. The fourth-order valence-electron chi connectivity index (χ4n) is 0.940. The molecule has 1 saturated heterocycles. The summed E-state index contributed by atoms with van der Waals surface area (Å²) in [6.45, 7) is 0. The quantitative estimate of drug-likeness (QED) is 0.575. The van der Waals surface area contributed by atoms with Gasteiger partial charge in [-0.1, -0.05) is 0 Å². The van der Waals surface area contributed by atoms with Gasteiger partial charge >= 0.3 is 20.8 Å². The molecule has 0 aromatic heterocycles. The molecule has 0 radical (unpaired) electrons. The minimum Gasteiger partial charge on any atom is -0.266 e. The van der Waals surface area contributed by atoms with E-state index in [1.165, 1.54) is 0 Å². The Bertz CT molecular complexity index is 406. The van der Waals surface area contributed by atoms with Gasteiger partial charge in [0.15, 0.2) is 0 Å². The van der Waals surface area contributed by atoms with Gasteiger partial charge in [-0.05, 0) is 0 Å². The zero-order valence-corrected chi connectivity index (χ0v) is 8.43. The summed E-state index contributed by atoms with van der Waals surface area (Å²) in [7, 11) is -15.8. The summed E-state index contributed by atoms with van der Waals surface area (Å²) < 4.78 is 96.1. The molecule has 1 aliphatic rings. The standard InChI is InChI=1S/C3H4F6O4S2/c1-12-15(6,7,8,9)2-3(4,5)13-14(2,10)11/h2H,1H3. The predicted octanol–water partition coefficient (Wildman–Crippen LogP) is 2.24. The Hall–Kier alpha value is -0.200. The summed E-state index contributed by atoms with van der Waals surface area (Å²) in [6, 6.07) is 0. The minimum atomic E-state index is -9.84. The second-order valence-electron chi connectivity index (χ2n) is 2.69. The fourth-order valence-corrected chi connectivity index (χ4v) is 4.65. The van der Waals surface area contributed by atoms with Gasteiger partial charge < -0.3 is 0 Å². The molecule has 94 valence electrons. The number of hydrogen-bond donors (Lipinski definition) is 0. The highest BCUT2D eigenvalue weighted by Crippen LogP contribution is 3.02. The molecule has 0 spiro atoms. The smallest absolute Gasteiger partial charge is 0.266 e. The van der Waals surface area contributed by atoms with Crippen molar-refractivity contribution in [1.82, 2.24) is 0 Å². The predicted molar refractivity (Wildman–Crippen MR) is 37.8 cm³/mol. The van der Waals surface area contributed by atoms with E-state index in [4.69, 9.17) is 0 Å². The normalized spacial score (nSPS) is 33.7. The Morgan fingerprint density at radius 2 is 1.67 bits per heavy atom. The van der Waals surface area contributed by atoms with Gasteiger partial charge in [0.25, 0.3) is 10.1 Å². The molecule has 0 aromatic rings. The Kier molecular flexibility index (Phi) is 1.92. The topological polar surface area (TPSA) is 52.6 Å². The van der Waals surface area contributed by atoms with Crippen molar-refractivity contribution in [2.45, 2.75) is 10.7 Å². The van der Waals surface area contributed by atoms with Gasteiger partial charge in [-0.3, -0.25) is 4.18 Å². The molecule has 0 amide bonds. The van der Waals surface area contributed by atoms with Crippen LogP contribution in [0, 0.1) is 0 Å². The van der Waals surface area contributed by atoms with Gasteiger partial charge in [0.05, 0.1) is 7.11 Å². The third-order valence-electron chi connectivity index (χ3n) is 1.52. The van der Waals surface area contributed by atoms with E-state index in [1.54, 1.807) is 0 Å². The Labute approximate surface area is 79.9 Å². The summed E-state index contributed by atoms with van der Waals surface area (Å²) in [5.74, 6) is 0. The lowest BCUT2D eigenvalue weighted by Gasteiger charge is -2.55. The molecule has 0 N–H and O–H groups in total. The SMILES string of the molecule is COS(F)(F)(F)(F)C1C(F)(F)OS1(=O)=O. The molecule has 0 aromatic carbocycles. The van der Waals surface area contributed by atoms with Crippen LogP contribution in [0.3, 0.4) is 0 Å². The van der Waals surface area contributed by atoms with Crippen LogP contribution in [-0.2, 0) is 18.5 Å². The van der Waals surface area contributed by atoms with E-state index in [1.807, 2.05) is 0 Å². The molecular formula is C3H4F6O4S2. The molecule has 12 heteroatoms. The van der Waals surface area contributed by atoms with E-state index in [9.17, 15) is 32.7 Å². The maximum Gasteiger partial charge on any atom is 0.406 e. The highest BCUT2D eigenvalue weighted by molar-refractivity contribution is 8.50. The summed E-state index contributed by atoms with van der Waals surface area (Å²) >= 11 is 0. The highest BCUT2D eigenvalue weighted by Gasteiger charge is 2.89. The van der Waals surface area contributed by atoms with Crippen LogP contribution in [0.5, 0.6) is 0 Å². The first-order valence-electron chi connectivity index (χ1n) is 3.03. The van der Waals surface area contributed by atoms with Crippen molar-refractivity contribution in [2.24, 2.45) is 0 Å². The van der Waals surface area contributed by atoms with Crippen molar-refractivity contribution < 1.29 is 41.1 Å². The average molecular weight is 282 g/mol. The zero-order valence-electron chi connectivity index (χ0n) is 6.79. The molecule has 0 saturated carbocycles. The van der Waals surface area contributed by atoms with Gasteiger partial charge in [0.1, 0.15) is 0 Å². The monoisotopic (exact) mass is 282 g/mol. The molecule has 1 aliphatic heterocycles. The largest absolute Gasteiger partial charge is 0.406 e. The lowest BCUT2D eigenvalue weighted by Crippen LogP contribution is -2.61. The molecule has 1 atom stereocenters. The summed E-state index contributed by atoms with van der Waals surface area (Å²) in [5.41, 5.74) is 0. The molecule has 0 bridgehead atoms. The van der Waals surface area contributed by atoms with Crippen molar-refractivity contribution in [3.63, 3.8) is 0 Å². The van der Waals surface area contributed by atoms with Gasteiger partial charge in [0, 0.05) is 0 Å². The van der Waals surface area contributed by atoms with Gasteiger partial charge in [-0.15, -0.1) is 15.5 Å². The first-order valence-corrected chi connectivity index (χ1v) is 6.54. The number of rotatable bonds is 2. The molecule has 15 heavy (non-hydrogen) atoms. The third-order valence-corrected chi connectivity index (χ3v) is 6.38. The molecule has 4 nitrogen and oxygen atoms in total. The van der Waals surface area contributed by atoms with Crippen LogP contribution in [0.25, 0.3) is 0 Å². The highest BCUT2D eigenvalue weighted by atomic mass is 32.5. The molecular weight excluding hydrogens is 278 g/mol. The average Bonchev–Trinajstić information content (AvgIpc) is 1.77. The molecule has 1 unspecified atom stereocenters. The van der Waals surface area contributed by atoms with Crippen LogP contribution in [0.1, 0.15) is 0 Å². The van der Waals surface area contributed by atoms with Crippen molar-refractivity contribution >= 4 is 20.2 Å². The van der Waals surface area contributed by atoms with E-state index in [0.29, 0.717) is 0 Å². The van der Waals surface area contributed by atoms with Gasteiger partial charge in [-0.2, -0.15) is 21.4 Å². The van der Waals surface area contributed by atoms with E-state index in [0.717, 1.165) is 0 Å². The van der Waals surface area contributed by atoms with Crippen molar-refractivity contribution in [3.05, 3.63) is 0 Å². The van der Waals surface area contributed by atoms with Crippen LogP contribution in [0.15, 0.2) is 0 Å². The second kappa shape index (κ2) is 2.24. The summed E-state index contributed by atoms with van der Waals surface area (Å²) in [5, 5.41) is 0. The number of halogens is 6. The lowest BCUT2D eigenvalue weighted by molar-refractivity contribution is -0.197. The first kappa shape index (κ1) is 12.9. The first-order chi connectivity index (χ1) is 6.15. The third kappa shape index (κ3) is 1.79. The van der Waals surface area contributed by atoms with Crippen LogP contribution in [0.4, 0.5) is 24.3 Å². The summed E-state index contributed by atoms with van der Waals surface area (Å²) in [6.07, 6.45) is -5.18. The maximum absolute atomic E-state index is 12.6. The molecule has 1 fully saturated rings. The van der Waals surface area contributed by atoms with Gasteiger partial charge in [0.2, 0.25) is 0 Å². The van der Waals surface area contributed by atoms with Crippen molar-refractivity contribution in [1.29, 1.82) is 0 Å². The molecule has 1 rings (SSSR count). The van der Waals surface area contributed by atoms with Crippen LogP contribution >= 0.6 is 10.1 Å². The zero-order chi connectivity index (χ0) is 12.4. The number of alkyl halides is 2. The maximum atomic E-state index is 12.6. The van der Waals surface area contributed by atoms with E-state index >= 15 is 0 Å². The van der Waals surface area contributed by atoms with E-state index < -0.39 is 30.9 Å². The minimum absolute atomic E-state index is 0.258. The fraction of sp³-hybridized carbons (Fsp3) is 1.00. The number of hydrogen-bond acceptors (Lipinski definition) is 4. The Morgan fingerprint density at radius 3 is 1.80 bits per heavy atom. The van der Waals surface area contributed by atoms with Crippen LogP contribution in [-0.4, -0.2) is 26.2 Å². The van der Waals surface area contributed by atoms with Crippen molar-refractivity contribution in [2.75, 3.05) is 7.11 Å². The van der Waals surface area contributed by atoms with Crippen LogP contribution in [0.2, 0.25) is 0 Å². The van der Waals surface area contributed by atoms with Gasteiger partial charge in [-0.25, -0.2) is 0 Å². The van der Waals surface area contributed by atoms with Crippen LogP contribution < -0.4 is 0 Å². The Morgan fingerprint density at radius 1 is 1.27 bits per heavy atom.